The molecule has 2 aromatic carbocycles. The van der Waals surface area contributed by atoms with Crippen LogP contribution >= 0.6 is 0 Å². The number of amides is 1. The number of ether oxygens (including phenoxy) is 1. The third-order valence-electron chi connectivity index (χ3n) is 4.68. The zero-order valence-corrected chi connectivity index (χ0v) is 18.5. The number of nitrogens with zero attached hydrogens (tertiary/aromatic N) is 2. The number of carbonyl (C=O) groups excluding carboxylic acids is 1. The minimum absolute atomic E-state index is 0.00482. The van der Waals surface area contributed by atoms with E-state index in [2.05, 4.69) is 20.0 Å². The Morgan fingerprint density at radius 3 is 2.42 bits per heavy atom. The van der Waals surface area contributed by atoms with Crippen molar-refractivity contribution in [2.75, 3.05) is 10.0 Å². The van der Waals surface area contributed by atoms with Crippen LogP contribution in [-0.4, -0.2) is 30.4 Å². The quantitative estimate of drug-likeness (QED) is 0.581. The van der Waals surface area contributed by atoms with E-state index in [0.29, 0.717) is 17.1 Å². The summed E-state index contributed by atoms with van der Waals surface area (Å²) in [6.07, 6.45) is 0.740. The second-order valence-electron chi connectivity index (χ2n) is 7.10. The lowest BCUT2D eigenvalue weighted by atomic mass is 10.1. The van der Waals surface area contributed by atoms with Crippen LogP contribution in [0, 0.1) is 20.8 Å². The molecule has 0 radical (unpaired) electrons. The first-order chi connectivity index (χ1) is 14.7. The van der Waals surface area contributed by atoms with Crippen LogP contribution in [0.5, 0.6) is 5.75 Å². The van der Waals surface area contributed by atoms with Crippen molar-refractivity contribution in [3.8, 4) is 5.75 Å². The molecule has 0 saturated heterocycles. The van der Waals surface area contributed by atoms with Crippen molar-refractivity contribution >= 4 is 27.6 Å². The minimum Gasteiger partial charge on any atom is -0.481 e. The SMILES string of the molecule is Cc1ccnc(NS(=O)(=O)c2ccc(NC(=O)[C@H](C)Oc3cccc(C)c3C)cc2)n1. The number of hydrogen-bond acceptors (Lipinski definition) is 6. The summed E-state index contributed by atoms with van der Waals surface area (Å²) < 4.78 is 33.2. The highest BCUT2D eigenvalue weighted by Crippen LogP contribution is 2.22. The summed E-state index contributed by atoms with van der Waals surface area (Å²) in [5, 5.41) is 2.73. The lowest BCUT2D eigenvalue weighted by molar-refractivity contribution is -0.122. The fourth-order valence-corrected chi connectivity index (χ4v) is 3.69. The first-order valence-electron chi connectivity index (χ1n) is 9.62. The molecule has 0 saturated carbocycles. The van der Waals surface area contributed by atoms with E-state index >= 15 is 0 Å². The molecular formula is C22H24N4O4S. The maximum absolute atomic E-state index is 12.5. The molecule has 162 valence electrons. The van der Waals surface area contributed by atoms with Gasteiger partial charge in [0.05, 0.1) is 4.90 Å². The van der Waals surface area contributed by atoms with Crippen molar-refractivity contribution < 1.29 is 17.9 Å². The lowest BCUT2D eigenvalue weighted by Gasteiger charge is -2.17. The summed E-state index contributed by atoms with van der Waals surface area (Å²) in [6.45, 7) is 7.30. The molecule has 0 aliphatic heterocycles. The molecule has 1 atom stereocenters. The molecule has 0 unspecified atom stereocenters. The van der Waals surface area contributed by atoms with E-state index in [9.17, 15) is 13.2 Å². The number of sulfonamides is 1. The standard InChI is InChI=1S/C22H24N4O4S/c1-14-6-5-7-20(16(14)3)30-17(4)21(27)25-18-8-10-19(11-9-18)31(28,29)26-22-23-13-12-15(2)24-22/h5-13,17H,1-4H3,(H,25,27)(H,23,24,26)/t17-/m0/s1. The summed E-state index contributed by atoms with van der Waals surface area (Å²) >= 11 is 0. The first-order valence-corrected chi connectivity index (χ1v) is 11.1. The summed E-state index contributed by atoms with van der Waals surface area (Å²) in [6, 6.07) is 13.1. The van der Waals surface area contributed by atoms with Crippen LogP contribution < -0.4 is 14.8 Å². The summed E-state index contributed by atoms with van der Waals surface area (Å²) in [5.41, 5.74) is 3.14. The van der Waals surface area contributed by atoms with Crippen molar-refractivity contribution in [1.82, 2.24) is 9.97 Å². The lowest BCUT2D eigenvalue weighted by Crippen LogP contribution is -2.30. The molecule has 1 amide bonds. The van der Waals surface area contributed by atoms with Crippen LogP contribution in [0.25, 0.3) is 0 Å². The van der Waals surface area contributed by atoms with Crippen LogP contribution in [0.3, 0.4) is 0 Å². The van der Waals surface area contributed by atoms with Crippen LogP contribution in [-0.2, 0) is 14.8 Å². The molecule has 1 heterocycles. The van der Waals surface area contributed by atoms with Gasteiger partial charge < -0.3 is 10.1 Å². The number of anilines is 2. The average Bonchev–Trinajstić information content (AvgIpc) is 2.71. The van der Waals surface area contributed by atoms with Crippen molar-refractivity contribution in [2.45, 2.75) is 38.7 Å². The summed E-state index contributed by atoms with van der Waals surface area (Å²) in [5.74, 6) is 0.297. The van der Waals surface area contributed by atoms with Gasteiger partial charge in [0, 0.05) is 17.6 Å². The molecule has 3 aromatic rings. The Balaban J connectivity index is 1.65. The topological polar surface area (TPSA) is 110 Å². The molecule has 2 N–H and O–H groups in total. The molecular weight excluding hydrogens is 416 g/mol. The minimum atomic E-state index is -3.85. The van der Waals surface area contributed by atoms with Gasteiger partial charge in [-0.15, -0.1) is 0 Å². The molecule has 8 nitrogen and oxygen atoms in total. The Labute approximate surface area is 181 Å². The van der Waals surface area contributed by atoms with E-state index in [4.69, 9.17) is 4.74 Å². The fraction of sp³-hybridized carbons (Fsp3) is 0.227. The average molecular weight is 441 g/mol. The molecule has 0 aliphatic carbocycles. The van der Waals surface area contributed by atoms with Gasteiger partial charge in [-0.2, -0.15) is 0 Å². The number of rotatable bonds is 7. The zero-order chi connectivity index (χ0) is 22.6. The van der Waals surface area contributed by atoms with Gasteiger partial charge >= 0.3 is 0 Å². The van der Waals surface area contributed by atoms with E-state index in [0.717, 1.165) is 11.1 Å². The summed E-state index contributed by atoms with van der Waals surface area (Å²) in [4.78, 5) is 20.4. The molecule has 0 spiro atoms. The van der Waals surface area contributed by atoms with Gasteiger partial charge in [-0.25, -0.2) is 23.1 Å². The van der Waals surface area contributed by atoms with E-state index in [1.807, 2.05) is 32.0 Å². The van der Waals surface area contributed by atoms with Crippen molar-refractivity contribution in [3.63, 3.8) is 0 Å². The highest BCUT2D eigenvalue weighted by atomic mass is 32.2. The normalized spacial score (nSPS) is 12.1. The number of aryl methyl sites for hydroxylation is 2. The van der Waals surface area contributed by atoms with Crippen LogP contribution in [0.1, 0.15) is 23.7 Å². The maximum atomic E-state index is 12.5. The van der Waals surface area contributed by atoms with E-state index in [-0.39, 0.29) is 16.8 Å². The van der Waals surface area contributed by atoms with Gasteiger partial charge in [-0.1, -0.05) is 12.1 Å². The Morgan fingerprint density at radius 1 is 1.03 bits per heavy atom. The first kappa shape index (κ1) is 22.2. The molecule has 9 heteroatoms. The fourth-order valence-electron chi connectivity index (χ4n) is 2.73. The Hall–Kier alpha value is -3.46. The van der Waals surface area contributed by atoms with Gasteiger partial charge in [0.1, 0.15) is 5.75 Å². The van der Waals surface area contributed by atoms with Gasteiger partial charge in [0.15, 0.2) is 6.10 Å². The largest absolute Gasteiger partial charge is 0.481 e. The van der Waals surface area contributed by atoms with Gasteiger partial charge in [0.25, 0.3) is 15.9 Å². The van der Waals surface area contributed by atoms with Crippen LogP contribution in [0.15, 0.2) is 59.6 Å². The molecule has 1 aromatic heterocycles. The third kappa shape index (κ3) is 5.58. The Morgan fingerprint density at radius 2 is 1.74 bits per heavy atom. The number of aromatic nitrogens is 2. The van der Waals surface area contributed by atoms with Gasteiger partial charge in [-0.05, 0) is 75.2 Å². The predicted molar refractivity (Wildman–Crippen MR) is 119 cm³/mol. The molecule has 0 bridgehead atoms. The number of nitrogens with one attached hydrogen (secondary N) is 2. The van der Waals surface area contributed by atoms with E-state index in [1.165, 1.54) is 30.5 Å². The highest BCUT2D eigenvalue weighted by molar-refractivity contribution is 7.92. The molecule has 0 fully saturated rings. The van der Waals surface area contributed by atoms with Crippen LogP contribution in [0.4, 0.5) is 11.6 Å². The summed E-state index contributed by atoms with van der Waals surface area (Å²) in [7, 11) is -3.85. The van der Waals surface area contributed by atoms with Crippen molar-refractivity contribution in [1.29, 1.82) is 0 Å². The third-order valence-corrected chi connectivity index (χ3v) is 6.02. The smallest absolute Gasteiger partial charge is 0.265 e. The maximum Gasteiger partial charge on any atom is 0.265 e. The highest BCUT2D eigenvalue weighted by Gasteiger charge is 2.18. The van der Waals surface area contributed by atoms with E-state index in [1.54, 1.807) is 19.9 Å². The van der Waals surface area contributed by atoms with E-state index < -0.39 is 16.1 Å². The number of benzene rings is 2. The van der Waals surface area contributed by atoms with Crippen molar-refractivity contribution in [2.24, 2.45) is 0 Å². The predicted octanol–water partition coefficient (Wildman–Crippen LogP) is 3.61. The Kier molecular flexibility index (Phi) is 6.55. The second-order valence-corrected chi connectivity index (χ2v) is 8.78. The monoisotopic (exact) mass is 440 g/mol. The van der Waals surface area contributed by atoms with Gasteiger partial charge in [-0.3, -0.25) is 4.79 Å². The van der Waals surface area contributed by atoms with Gasteiger partial charge in [0.2, 0.25) is 5.95 Å². The molecule has 31 heavy (non-hydrogen) atoms. The van der Waals surface area contributed by atoms with Crippen LogP contribution in [0.2, 0.25) is 0 Å². The molecule has 0 aliphatic rings. The molecule has 3 rings (SSSR count). The second kappa shape index (κ2) is 9.13. The Bertz CT molecular complexity index is 1190. The zero-order valence-electron chi connectivity index (χ0n) is 17.7. The van der Waals surface area contributed by atoms with Crippen molar-refractivity contribution in [3.05, 3.63) is 71.5 Å². The number of carbonyl (C=O) groups is 1. The number of hydrogen-bond donors (Lipinski definition) is 2.